The van der Waals surface area contributed by atoms with E-state index in [-0.39, 0.29) is 5.56 Å². The van der Waals surface area contributed by atoms with Gasteiger partial charge in [0.1, 0.15) is 5.82 Å². The van der Waals surface area contributed by atoms with Crippen LogP contribution in [-0.2, 0) is 7.05 Å². The number of carbonyl (C=O) groups is 1. The zero-order valence-electron chi connectivity index (χ0n) is 11.4. The number of hydrogen-bond acceptors (Lipinski definition) is 2. The zero-order valence-corrected chi connectivity index (χ0v) is 11.4. The van der Waals surface area contributed by atoms with Crippen molar-refractivity contribution in [1.29, 1.82) is 0 Å². The van der Waals surface area contributed by atoms with Crippen molar-refractivity contribution in [2.75, 3.05) is 5.32 Å². The van der Waals surface area contributed by atoms with E-state index in [2.05, 4.69) is 10.4 Å². The van der Waals surface area contributed by atoms with E-state index >= 15 is 0 Å². The lowest BCUT2D eigenvalue weighted by Gasteiger charge is -2.07. The van der Waals surface area contributed by atoms with Gasteiger partial charge in [0.05, 0.1) is 22.6 Å². The van der Waals surface area contributed by atoms with Crippen molar-refractivity contribution >= 4 is 11.6 Å². The molecule has 0 atom stereocenters. The summed E-state index contributed by atoms with van der Waals surface area (Å²) in [4.78, 5) is 12.1. The monoisotopic (exact) mass is 261 g/mol. The van der Waals surface area contributed by atoms with Crippen molar-refractivity contribution in [3.05, 3.63) is 46.5 Å². The topological polar surface area (TPSA) is 46.9 Å². The van der Waals surface area contributed by atoms with E-state index in [0.29, 0.717) is 11.4 Å². The van der Waals surface area contributed by atoms with Gasteiger partial charge in [0.15, 0.2) is 0 Å². The van der Waals surface area contributed by atoms with Crippen molar-refractivity contribution in [1.82, 2.24) is 9.78 Å². The highest BCUT2D eigenvalue weighted by Gasteiger charge is 2.16. The van der Waals surface area contributed by atoms with Crippen molar-refractivity contribution in [3.63, 3.8) is 0 Å². The largest absolute Gasteiger partial charge is 0.319 e. The molecule has 0 saturated carbocycles. The van der Waals surface area contributed by atoms with Gasteiger partial charge in [-0.3, -0.25) is 9.48 Å². The number of halogens is 1. The highest BCUT2D eigenvalue weighted by molar-refractivity contribution is 6.05. The van der Waals surface area contributed by atoms with E-state index in [1.807, 2.05) is 6.92 Å². The minimum absolute atomic E-state index is 0.0354. The molecule has 0 aliphatic carbocycles. The van der Waals surface area contributed by atoms with E-state index < -0.39 is 11.7 Å². The summed E-state index contributed by atoms with van der Waals surface area (Å²) in [5.74, 6) is -0.978. The fourth-order valence-corrected chi connectivity index (χ4v) is 1.94. The Labute approximate surface area is 111 Å². The van der Waals surface area contributed by atoms with Gasteiger partial charge in [0.2, 0.25) is 0 Å². The fraction of sp³-hybridized carbons (Fsp3) is 0.286. The number of nitrogens with one attached hydrogen (secondary N) is 1. The van der Waals surface area contributed by atoms with Crippen molar-refractivity contribution in [2.24, 2.45) is 7.05 Å². The molecule has 0 radical (unpaired) electrons. The molecule has 1 amide bonds. The van der Waals surface area contributed by atoms with Gasteiger partial charge < -0.3 is 5.32 Å². The van der Waals surface area contributed by atoms with Crippen LogP contribution in [0.25, 0.3) is 0 Å². The number of aryl methyl sites for hydroxylation is 3. The Kier molecular flexibility index (Phi) is 3.38. The zero-order chi connectivity index (χ0) is 14.2. The number of carbonyl (C=O) groups excluding carboxylic acids is 1. The van der Waals surface area contributed by atoms with Gasteiger partial charge in [0, 0.05) is 7.05 Å². The molecule has 2 rings (SSSR count). The SMILES string of the molecule is Cc1ccc(C(=O)Nc2c(C)nn(C)c2C)c(F)c1. The molecule has 5 heteroatoms. The Hall–Kier alpha value is -2.17. The van der Waals surface area contributed by atoms with Gasteiger partial charge >= 0.3 is 0 Å². The minimum Gasteiger partial charge on any atom is -0.319 e. The van der Waals surface area contributed by atoms with E-state index in [1.165, 1.54) is 12.1 Å². The summed E-state index contributed by atoms with van der Waals surface area (Å²) < 4.78 is 15.4. The summed E-state index contributed by atoms with van der Waals surface area (Å²) >= 11 is 0. The molecule has 0 aliphatic rings. The van der Waals surface area contributed by atoms with Crippen LogP contribution in [0.2, 0.25) is 0 Å². The van der Waals surface area contributed by atoms with Gasteiger partial charge in [0.25, 0.3) is 5.91 Å². The quantitative estimate of drug-likeness (QED) is 0.903. The molecular formula is C14H16FN3O. The third-order valence-electron chi connectivity index (χ3n) is 3.12. The molecule has 19 heavy (non-hydrogen) atoms. The molecule has 4 nitrogen and oxygen atoms in total. The van der Waals surface area contributed by atoms with Gasteiger partial charge in [-0.25, -0.2) is 4.39 Å². The van der Waals surface area contributed by atoms with Crippen LogP contribution in [0.1, 0.15) is 27.3 Å². The van der Waals surface area contributed by atoms with Crippen molar-refractivity contribution in [2.45, 2.75) is 20.8 Å². The lowest BCUT2D eigenvalue weighted by molar-refractivity contribution is 0.102. The predicted molar refractivity (Wildman–Crippen MR) is 71.8 cm³/mol. The van der Waals surface area contributed by atoms with E-state index in [0.717, 1.165) is 11.3 Å². The van der Waals surface area contributed by atoms with Crippen LogP contribution in [0, 0.1) is 26.6 Å². The first-order valence-electron chi connectivity index (χ1n) is 5.98. The Morgan fingerprint density at radius 3 is 2.53 bits per heavy atom. The first kappa shape index (κ1) is 13.3. The lowest BCUT2D eigenvalue weighted by Crippen LogP contribution is -2.15. The summed E-state index contributed by atoms with van der Waals surface area (Å²) in [5.41, 5.74) is 2.99. The van der Waals surface area contributed by atoms with Gasteiger partial charge in [-0.1, -0.05) is 6.07 Å². The number of aromatic nitrogens is 2. The van der Waals surface area contributed by atoms with Crippen LogP contribution in [-0.4, -0.2) is 15.7 Å². The molecule has 0 spiro atoms. The molecule has 1 heterocycles. The maximum atomic E-state index is 13.7. The highest BCUT2D eigenvalue weighted by Crippen LogP contribution is 2.20. The molecule has 1 aromatic heterocycles. The molecule has 0 saturated heterocycles. The summed E-state index contributed by atoms with van der Waals surface area (Å²) in [5, 5.41) is 6.92. The summed E-state index contributed by atoms with van der Waals surface area (Å²) in [6, 6.07) is 4.54. The minimum atomic E-state index is -0.517. The third-order valence-corrected chi connectivity index (χ3v) is 3.12. The number of nitrogens with zero attached hydrogens (tertiary/aromatic N) is 2. The Morgan fingerprint density at radius 1 is 1.32 bits per heavy atom. The van der Waals surface area contributed by atoms with Crippen LogP contribution >= 0.6 is 0 Å². The van der Waals surface area contributed by atoms with Crippen molar-refractivity contribution in [3.8, 4) is 0 Å². The van der Waals surface area contributed by atoms with Crippen LogP contribution < -0.4 is 5.32 Å². The van der Waals surface area contributed by atoms with Gasteiger partial charge in [-0.05, 0) is 38.5 Å². The second-order valence-electron chi connectivity index (χ2n) is 4.61. The van der Waals surface area contributed by atoms with E-state index in [4.69, 9.17) is 0 Å². The number of hydrogen-bond donors (Lipinski definition) is 1. The summed E-state index contributed by atoms with van der Waals surface area (Å²) in [7, 11) is 1.80. The second-order valence-corrected chi connectivity index (χ2v) is 4.61. The number of rotatable bonds is 2. The predicted octanol–water partition coefficient (Wildman–Crippen LogP) is 2.74. The number of benzene rings is 1. The molecule has 2 aromatic rings. The normalized spacial score (nSPS) is 10.6. The van der Waals surface area contributed by atoms with Crippen LogP contribution in [0.5, 0.6) is 0 Å². The van der Waals surface area contributed by atoms with Crippen LogP contribution in [0.15, 0.2) is 18.2 Å². The Balaban J connectivity index is 2.31. The average Bonchev–Trinajstić information content (AvgIpc) is 2.56. The molecular weight excluding hydrogens is 245 g/mol. The second kappa shape index (κ2) is 4.84. The van der Waals surface area contributed by atoms with Crippen molar-refractivity contribution < 1.29 is 9.18 Å². The highest BCUT2D eigenvalue weighted by atomic mass is 19.1. The molecule has 100 valence electrons. The molecule has 1 aromatic carbocycles. The fourth-order valence-electron chi connectivity index (χ4n) is 1.94. The van der Waals surface area contributed by atoms with Gasteiger partial charge in [-0.15, -0.1) is 0 Å². The Bertz CT molecular complexity index is 646. The first-order chi connectivity index (χ1) is 8.90. The smallest absolute Gasteiger partial charge is 0.258 e. The van der Waals surface area contributed by atoms with Crippen LogP contribution in [0.3, 0.4) is 0 Å². The van der Waals surface area contributed by atoms with E-state index in [1.54, 1.807) is 31.6 Å². The number of amides is 1. The van der Waals surface area contributed by atoms with Crippen LogP contribution in [0.4, 0.5) is 10.1 Å². The Morgan fingerprint density at radius 2 is 2.00 bits per heavy atom. The molecule has 0 aliphatic heterocycles. The van der Waals surface area contributed by atoms with Gasteiger partial charge in [-0.2, -0.15) is 5.10 Å². The molecule has 0 bridgehead atoms. The van der Waals surface area contributed by atoms with E-state index in [9.17, 15) is 9.18 Å². The number of anilines is 1. The first-order valence-corrected chi connectivity index (χ1v) is 5.98. The summed E-state index contributed by atoms with van der Waals surface area (Å²) in [6.45, 7) is 5.43. The third kappa shape index (κ3) is 2.50. The lowest BCUT2D eigenvalue weighted by atomic mass is 10.1. The summed E-state index contributed by atoms with van der Waals surface area (Å²) in [6.07, 6.45) is 0. The maximum absolute atomic E-state index is 13.7. The average molecular weight is 261 g/mol. The standard InChI is InChI=1S/C14H16FN3O/c1-8-5-6-11(12(15)7-8)14(19)16-13-9(2)17-18(4)10(13)3/h5-7H,1-4H3,(H,16,19). The molecule has 1 N–H and O–H groups in total. The molecule has 0 unspecified atom stereocenters. The molecule has 0 fully saturated rings. The maximum Gasteiger partial charge on any atom is 0.258 e.